The number of likely N-dealkylation sites (N-methyl/N-ethyl adjacent to an activating group) is 7. The van der Waals surface area contributed by atoms with Crippen molar-refractivity contribution in [2.45, 2.75) is 229 Å². The minimum absolute atomic E-state index is 0.116. The highest BCUT2D eigenvalue weighted by atomic mass is 16.3. The summed E-state index contributed by atoms with van der Waals surface area (Å²) in [7, 11) is 9.66. The quantitative estimate of drug-likeness (QED) is 0.121. The van der Waals surface area contributed by atoms with Gasteiger partial charge in [-0.15, -0.1) is 0 Å². The van der Waals surface area contributed by atoms with Crippen LogP contribution in [-0.2, 0) is 52.7 Å². The first kappa shape index (κ1) is 78.8. The Morgan fingerprint density at radius 3 is 1.31 bits per heavy atom. The molecule has 87 heavy (non-hydrogen) atoms. The van der Waals surface area contributed by atoms with Crippen LogP contribution in [0.3, 0.4) is 0 Å². The summed E-state index contributed by atoms with van der Waals surface area (Å²) in [5, 5.41) is 34.1. The van der Waals surface area contributed by atoms with Crippen molar-refractivity contribution in [3.63, 3.8) is 0 Å². The van der Waals surface area contributed by atoms with Crippen molar-refractivity contribution in [3.05, 3.63) is 12.2 Å². The number of nitrogens with one attached hydrogen (secondary N) is 4. The van der Waals surface area contributed by atoms with Crippen molar-refractivity contribution in [1.29, 1.82) is 0 Å². The van der Waals surface area contributed by atoms with E-state index in [1.807, 2.05) is 62.3 Å². The predicted molar refractivity (Wildman–Crippen MR) is 334 cm³/mol. The molecule has 24 heteroatoms. The van der Waals surface area contributed by atoms with Crippen LogP contribution >= 0.6 is 0 Å². The smallest absolute Gasteiger partial charge is 0.248 e. The second kappa shape index (κ2) is 35.7. The maximum absolute atomic E-state index is 15.2. The van der Waals surface area contributed by atoms with Gasteiger partial charge in [0.15, 0.2) is 0 Å². The van der Waals surface area contributed by atoms with Crippen molar-refractivity contribution in [1.82, 2.24) is 55.6 Å². The number of hydrogen-bond donors (Lipinski definition) is 6. The Morgan fingerprint density at radius 2 is 0.862 bits per heavy atom. The van der Waals surface area contributed by atoms with Gasteiger partial charge in [0.25, 0.3) is 0 Å². The average molecular weight is 1230 g/mol. The van der Waals surface area contributed by atoms with Crippen LogP contribution in [0.2, 0.25) is 0 Å². The third-order valence-corrected chi connectivity index (χ3v) is 16.6. The molecule has 0 aromatic heterocycles. The molecule has 0 saturated carbocycles. The van der Waals surface area contributed by atoms with Crippen LogP contribution in [0, 0.1) is 41.4 Å². The van der Waals surface area contributed by atoms with Crippen LogP contribution in [0.15, 0.2) is 12.2 Å². The fourth-order valence-corrected chi connectivity index (χ4v) is 10.9. The van der Waals surface area contributed by atoms with Gasteiger partial charge < -0.3 is 65.8 Å². The number of nitrogens with zero attached hydrogens (tertiary/aromatic N) is 7. The van der Waals surface area contributed by atoms with Crippen molar-refractivity contribution in [2.75, 3.05) is 55.9 Å². The first-order valence-electron chi connectivity index (χ1n) is 31.2. The zero-order valence-corrected chi connectivity index (χ0v) is 57.1. The standard InChI is InChI=1S/C63H113N11O13/c1-25-27-28-40(14)53(77)52-57(81)67-50(43(17)75)61(85)68(18)33-48(76)69(19)44(29-34(3)4)56(80)66-49(39(13)26-2)62(86)70(20)45(30-35(5)6)55(79)64-41(15)54(78)65-42(16)58(82)71(21)46(31-36(7)8)59(83)72(22)47(32-37(9)10)60(84)73(23)51(38(11)12)63(87)74(52)24/h25,27,34-47,49-53,75,77H,26,28-33H2,1-24H3,(H,64,79)(H,65,78)(H,66,80)(H,67,81)/b27-25+/t39?,40-,41?,42-,43?,44-,45-,46+,47+,49?,50?,51+,52?,53-/m1/s1. The molecule has 1 fully saturated rings. The molecule has 0 radical (unpaired) electrons. The van der Waals surface area contributed by atoms with E-state index >= 15 is 9.59 Å². The molecule has 0 aliphatic carbocycles. The second-order valence-corrected chi connectivity index (χ2v) is 26.5. The third kappa shape index (κ3) is 22.1. The Kier molecular flexibility index (Phi) is 32.4. The first-order chi connectivity index (χ1) is 40.1. The Bertz CT molecular complexity index is 2380. The van der Waals surface area contributed by atoms with E-state index in [0.29, 0.717) is 6.42 Å². The molecule has 11 amide bonds. The highest BCUT2D eigenvalue weighted by Crippen LogP contribution is 2.26. The summed E-state index contributed by atoms with van der Waals surface area (Å²) in [6.07, 6.45) is 1.52. The maximum atomic E-state index is 15.2. The van der Waals surface area contributed by atoms with Gasteiger partial charge in [-0.1, -0.05) is 109 Å². The molecule has 0 bridgehead atoms. The summed E-state index contributed by atoms with van der Waals surface area (Å²) in [5.74, 6) is -10.6. The summed E-state index contributed by atoms with van der Waals surface area (Å²) >= 11 is 0. The summed E-state index contributed by atoms with van der Waals surface area (Å²) in [6, 6.07) is -13.2. The van der Waals surface area contributed by atoms with Crippen LogP contribution in [-0.4, -0.2) is 238 Å². The van der Waals surface area contributed by atoms with E-state index in [-0.39, 0.29) is 55.8 Å². The summed E-state index contributed by atoms with van der Waals surface area (Å²) in [5.41, 5.74) is 0. The van der Waals surface area contributed by atoms with Crippen LogP contribution < -0.4 is 21.3 Å². The SMILES string of the molecule is C/C=C/C[C@@H](C)[C@@H](O)C1C(=O)NC(C(C)O)C(=O)N(C)CC(=O)N(C)[C@H](CC(C)C)C(=O)NC(C(C)CC)C(=O)N(C)[C@H](CC(C)C)C(=O)NC(C)C(=O)N[C@H](C)C(=O)N(C)[C@@H](CC(C)C)C(=O)N(C)[C@@H](CC(C)C)C(=O)N(C)[C@@H](C(C)C)C(=O)N1C. The van der Waals surface area contributed by atoms with Gasteiger partial charge in [-0.25, -0.2) is 0 Å². The fourth-order valence-electron chi connectivity index (χ4n) is 10.9. The number of carbonyl (C=O) groups excluding carboxylic acids is 11. The fraction of sp³-hybridized carbons (Fsp3) is 0.794. The van der Waals surface area contributed by atoms with Crippen molar-refractivity contribution in [2.24, 2.45) is 41.4 Å². The van der Waals surface area contributed by atoms with E-state index in [9.17, 15) is 53.4 Å². The van der Waals surface area contributed by atoms with Gasteiger partial charge in [0.2, 0.25) is 65.0 Å². The lowest BCUT2D eigenvalue weighted by Gasteiger charge is -2.41. The Morgan fingerprint density at radius 1 is 0.460 bits per heavy atom. The molecule has 6 N–H and O–H groups in total. The largest absolute Gasteiger partial charge is 0.391 e. The van der Waals surface area contributed by atoms with Gasteiger partial charge in [-0.3, -0.25) is 52.7 Å². The summed E-state index contributed by atoms with van der Waals surface area (Å²) in [4.78, 5) is 169. The molecular formula is C63H113N11O13. The Labute approximate surface area is 520 Å². The van der Waals surface area contributed by atoms with E-state index in [2.05, 4.69) is 21.3 Å². The molecule has 1 rings (SSSR count). The van der Waals surface area contributed by atoms with Gasteiger partial charge in [0.05, 0.1) is 18.8 Å². The van der Waals surface area contributed by atoms with E-state index in [0.717, 1.165) is 14.7 Å². The second-order valence-electron chi connectivity index (χ2n) is 26.5. The molecule has 6 unspecified atom stereocenters. The van der Waals surface area contributed by atoms with Crippen molar-refractivity contribution < 1.29 is 63.0 Å². The number of amides is 11. The summed E-state index contributed by atoms with van der Waals surface area (Å²) < 4.78 is 0. The van der Waals surface area contributed by atoms with Crippen LogP contribution in [0.4, 0.5) is 0 Å². The Hall–Kier alpha value is -6.17. The highest BCUT2D eigenvalue weighted by molar-refractivity contribution is 5.99. The number of aliphatic hydroxyl groups is 2. The van der Waals surface area contributed by atoms with Crippen LogP contribution in [0.1, 0.15) is 156 Å². The van der Waals surface area contributed by atoms with Gasteiger partial charge in [0, 0.05) is 49.3 Å². The molecule has 498 valence electrons. The van der Waals surface area contributed by atoms with Gasteiger partial charge in [0.1, 0.15) is 60.4 Å². The maximum Gasteiger partial charge on any atom is 0.248 e. The monoisotopic (exact) mass is 1230 g/mol. The number of allylic oxidation sites excluding steroid dienone is 2. The van der Waals surface area contributed by atoms with Crippen molar-refractivity contribution >= 4 is 65.0 Å². The molecule has 1 aliphatic heterocycles. The molecule has 1 aliphatic rings. The normalized spacial score (nSPS) is 27.3. The Balaban J connectivity index is 4.39. The molecular weight excluding hydrogens is 1120 g/mol. The lowest BCUT2D eigenvalue weighted by Crippen LogP contribution is -2.64. The van der Waals surface area contributed by atoms with E-state index in [4.69, 9.17) is 0 Å². The zero-order valence-electron chi connectivity index (χ0n) is 57.1. The highest BCUT2D eigenvalue weighted by Gasteiger charge is 2.46. The molecule has 1 saturated heterocycles. The minimum atomic E-state index is -1.74. The lowest BCUT2D eigenvalue weighted by molar-refractivity contribution is -0.157. The van der Waals surface area contributed by atoms with Gasteiger partial charge in [-0.2, -0.15) is 0 Å². The number of aliphatic hydroxyl groups excluding tert-OH is 2. The minimum Gasteiger partial charge on any atom is -0.391 e. The third-order valence-electron chi connectivity index (χ3n) is 16.6. The van der Waals surface area contributed by atoms with Gasteiger partial charge >= 0.3 is 0 Å². The number of rotatable bonds is 16. The van der Waals surface area contributed by atoms with E-state index in [1.165, 1.54) is 89.7 Å². The molecule has 14 atom stereocenters. The average Bonchev–Trinajstić information content (AvgIpc) is 3.50. The van der Waals surface area contributed by atoms with Crippen LogP contribution in [0.25, 0.3) is 0 Å². The lowest BCUT2D eigenvalue weighted by atomic mass is 9.91. The molecule has 1 heterocycles. The first-order valence-corrected chi connectivity index (χ1v) is 31.2. The van der Waals surface area contributed by atoms with Crippen molar-refractivity contribution in [3.8, 4) is 0 Å². The molecule has 0 spiro atoms. The van der Waals surface area contributed by atoms with E-state index < -0.39 is 162 Å². The van der Waals surface area contributed by atoms with E-state index in [1.54, 1.807) is 46.8 Å². The molecule has 0 aromatic carbocycles. The molecule has 0 aromatic rings. The summed E-state index contributed by atoms with van der Waals surface area (Å²) in [6.45, 7) is 28.7. The number of hydrogen-bond acceptors (Lipinski definition) is 13. The molecule has 24 nitrogen and oxygen atoms in total. The number of carbonyl (C=O) groups is 11. The van der Waals surface area contributed by atoms with Gasteiger partial charge in [-0.05, 0) is 101 Å². The topological polar surface area (TPSA) is 299 Å². The zero-order chi connectivity index (χ0) is 67.6. The predicted octanol–water partition coefficient (Wildman–Crippen LogP) is 2.63. The van der Waals surface area contributed by atoms with Crippen LogP contribution in [0.5, 0.6) is 0 Å².